The Balaban J connectivity index is 1.59. The molecule has 2 heterocycles. The predicted octanol–water partition coefficient (Wildman–Crippen LogP) is 3.22. The van der Waals surface area contributed by atoms with Crippen molar-refractivity contribution in [3.8, 4) is 0 Å². The maximum atomic E-state index is 5.89. The van der Waals surface area contributed by atoms with Crippen LogP contribution in [-0.2, 0) is 6.54 Å². The fourth-order valence-electron chi connectivity index (χ4n) is 3.69. The second-order valence-electron chi connectivity index (χ2n) is 6.42. The number of hydrogen-bond acceptors (Lipinski definition) is 3. The number of hydrogen-bond donors (Lipinski definition) is 1. The summed E-state index contributed by atoms with van der Waals surface area (Å²) in [5, 5.41) is 0. The molecule has 0 unspecified atom stereocenters. The van der Waals surface area contributed by atoms with Crippen LogP contribution in [0.3, 0.4) is 0 Å². The summed E-state index contributed by atoms with van der Waals surface area (Å²) in [6.45, 7) is 6.92. The second-order valence-corrected chi connectivity index (χ2v) is 7.33. The molecule has 2 aliphatic rings. The van der Waals surface area contributed by atoms with Gasteiger partial charge in [0.1, 0.15) is 0 Å². The van der Waals surface area contributed by atoms with Gasteiger partial charge in [-0.2, -0.15) is 0 Å². The Morgan fingerprint density at radius 2 is 1.81 bits per heavy atom. The number of halogens is 1. The summed E-state index contributed by atoms with van der Waals surface area (Å²) < 4.78 is 1.15. The standard InChI is InChI=1S/C17H26BrN3/c18-16-4-3-15(12-19)17(11-16)21-9-5-14(6-10-21)13-20-7-1-2-8-20/h3-4,11,14H,1-2,5-10,12-13,19H2. The van der Waals surface area contributed by atoms with Gasteiger partial charge in [-0.05, 0) is 62.4 Å². The quantitative estimate of drug-likeness (QED) is 0.903. The second kappa shape index (κ2) is 7.12. The van der Waals surface area contributed by atoms with Gasteiger partial charge in [-0.15, -0.1) is 0 Å². The molecule has 2 N–H and O–H groups in total. The molecule has 0 bridgehead atoms. The molecule has 3 nitrogen and oxygen atoms in total. The summed E-state index contributed by atoms with van der Waals surface area (Å²) in [5.41, 5.74) is 8.48. The maximum absolute atomic E-state index is 5.89. The highest BCUT2D eigenvalue weighted by Gasteiger charge is 2.23. The molecule has 1 aromatic carbocycles. The normalized spacial score (nSPS) is 21.1. The van der Waals surface area contributed by atoms with Gasteiger partial charge in [0.05, 0.1) is 0 Å². The number of likely N-dealkylation sites (tertiary alicyclic amines) is 1. The lowest BCUT2D eigenvalue weighted by Crippen LogP contribution is -2.38. The summed E-state index contributed by atoms with van der Waals surface area (Å²) >= 11 is 3.59. The first-order chi connectivity index (χ1) is 10.3. The molecule has 116 valence electrons. The Labute approximate surface area is 136 Å². The third kappa shape index (κ3) is 3.79. The van der Waals surface area contributed by atoms with E-state index in [4.69, 9.17) is 5.73 Å². The third-order valence-corrected chi connectivity index (χ3v) is 5.43. The lowest BCUT2D eigenvalue weighted by molar-refractivity contribution is 0.249. The lowest BCUT2D eigenvalue weighted by Gasteiger charge is -2.36. The lowest BCUT2D eigenvalue weighted by atomic mass is 9.95. The molecule has 0 aliphatic carbocycles. The zero-order valence-corrected chi connectivity index (χ0v) is 14.3. The first-order valence-electron chi connectivity index (χ1n) is 8.22. The van der Waals surface area contributed by atoms with Crippen LogP contribution in [0.5, 0.6) is 0 Å². The minimum Gasteiger partial charge on any atom is -0.371 e. The Hall–Kier alpha value is -0.580. The highest BCUT2D eigenvalue weighted by molar-refractivity contribution is 9.10. The van der Waals surface area contributed by atoms with E-state index in [0.29, 0.717) is 6.54 Å². The molecule has 0 spiro atoms. The van der Waals surface area contributed by atoms with Crippen LogP contribution in [0, 0.1) is 5.92 Å². The Morgan fingerprint density at radius 3 is 2.48 bits per heavy atom. The fourth-order valence-corrected chi connectivity index (χ4v) is 4.04. The van der Waals surface area contributed by atoms with E-state index in [1.165, 1.54) is 69.7 Å². The van der Waals surface area contributed by atoms with Gasteiger partial charge in [-0.25, -0.2) is 0 Å². The Bertz CT molecular complexity index is 463. The molecule has 0 saturated carbocycles. The van der Waals surface area contributed by atoms with Gasteiger partial charge in [-0.1, -0.05) is 22.0 Å². The smallest absolute Gasteiger partial charge is 0.0423 e. The van der Waals surface area contributed by atoms with Crippen molar-refractivity contribution >= 4 is 21.6 Å². The highest BCUT2D eigenvalue weighted by Crippen LogP contribution is 2.29. The molecule has 2 saturated heterocycles. The van der Waals surface area contributed by atoms with Crippen LogP contribution in [0.4, 0.5) is 5.69 Å². The maximum Gasteiger partial charge on any atom is 0.0423 e. The van der Waals surface area contributed by atoms with E-state index in [1.54, 1.807) is 0 Å². The van der Waals surface area contributed by atoms with Crippen LogP contribution in [0.1, 0.15) is 31.2 Å². The Morgan fingerprint density at radius 1 is 1.10 bits per heavy atom. The van der Waals surface area contributed by atoms with Gasteiger partial charge in [0, 0.05) is 36.3 Å². The summed E-state index contributed by atoms with van der Waals surface area (Å²) in [7, 11) is 0. The fraction of sp³-hybridized carbons (Fsp3) is 0.647. The minimum atomic E-state index is 0.621. The average Bonchev–Trinajstić information content (AvgIpc) is 3.01. The SMILES string of the molecule is NCc1ccc(Br)cc1N1CCC(CN2CCCC2)CC1. The molecule has 0 atom stereocenters. The van der Waals surface area contributed by atoms with E-state index in [0.717, 1.165) is 10.4 Å². The van der Waals surface area contributed by atoms with Crippen molar-refractivity contribution in [3.63, 3.8) is 0 Å². The predicted molar refractivity (Wildman–Crippen MR) is 92.6 cm³/mol. The van der Waals surface area contributed by atoms with E-state index >= 15 is 0 Å². The van der Waals surface area contributed by atoms with Crippen molar-refractivity contribution in [1.82, 2.24) is 4.90 Å². The third-order valence-electron chi connectivity index (χ3n) is 4.94. The van der Waals surface area contributed by atoms with Crippen molar-refractivity contribution in [2.24, 2.45) is 11.7 Å². The van der Waals surface area contributed by atoms with E-state index < -0.39 is 0 Å². The van der Waals surface area contributed by atoms with E-state index in [1.807, 2.05) is 0 Å². The zero-order chi connectivity index (χ0) is 14.7. The number of nitrogens with two attached hydrogens (primary N) is 1. The van der Waals surface area contributed by atoms with Crippen molar-refractivity contribution in [3.05, 3.63) is 28.2 Å². The molecule has 2 fully saturated rings. The summed E-state index contributed by atoms with van der Waals surface area (Å²) in [6.07, 6.45) is 5.42. The van der Waals surface area contributed by atoms with E-state index in [2.05, 4.69) is 43.9 Å². The first kappa shape index (κ1) is 15.3. The van der Waals surface area contributed by atoms with Gasteiger partial charge >= 0.3 is 0 Å². The number of benzene rings is 1. The number of piperidine rings is 1. The Kier molecular flexibility index (Phi) is 5.19. The highest BCUT2D eigenvalue weighted by atomic mass is 79.9. The summed E-state index contributed by atoms with van der Waals surface area (Å²) in [5.74, 6) is 0.882. The molecule has 0 amide bonds. The van der Waals surface area contributed by atoms with Gasteiger partial charge in [0.15, 0.2) is 0 Å². The molecule has 21 heavy (non-hydrogen) atoms. The molecule has 4 heteroatoms. The molecule has 1 aromatic rings. The van der Waals surface area contributed by atoms with Gasteiger partial charge in [-0.3, -0.25) is 0 Å². The van der Waals surface area contributed by atoms with Crippen molar-refractivity contribution < 1.29 is 0 Å². The first-order valence-corrected chi connectivity index (χ1v) is 9.01. The number of anilines is 1. The van der Waals surface area contributed by atoms with Gasteiger partial charge in [0.2, 0.25) is 0 Å². The monoisotopic (exact) mass is 351 g/mol. The molecule has 3 rings (SSSR count). The number of nitrogens with zero attached hydrogens (tertiary/aromatic N) is 2. The summed E-state index contributed by atoms with van der Waals surface area (Å²) in [4.78, 5) is 5.18. The zero-order valence-electron chi connectivity index (χ0n) is 12.7. The van der Waals surface area contributed by atoms with E-state index in [9.17, 15) is 0 Å². The van der Waals surface area contributed by atoms with Gasteiger partial charge in [0.25, 0.3) is 0 Å². The van der Waals surface area contributed by atoms with Crippen LogP contribution in [-0.4, -0.2) is 37.6 Å². The molecular weight excluding hydrogens is 326 g/mol. The molecule has 2 aliphatic heterocycles. The number of rotatable bonds is 4. The van der Waals surface area contributed by atoms with E-state index in [-0.39, 0.29) is 0 Å². The molecular formula is C17H26BrN3. The molecule has 0 aromatic heterocycles. The van der Waals surface area contributed by atoms with Gasteiger partial charge < -0.3 is 15.5 Å². The van der Waals surface area contributed by atoms with Crippen molar-refractivity contribution in [2.75, 3.05) is 37.6 Å². The largest absolute Gasteiger partial charge is 0.371 e. The van der Waals surface area contributed by atoms with Crippen LogP contribution in [0.2, 0.25) is 0 Å². The summed E-state index contributed by atoms with van der Waals surface area (Å²) in [6, 6.07) is 6.46. The van der Waals surface area contributed by atoms with Crippen LogP contribution in [0.25, 0.3) is 0 Å². The minimum absolute atomic E-state index is 0.621. The van der Waals surface area contributed by atoms with Crippen molar-refractivity contribution in [2.45, 2.75) is 32.2 Å². The molecule has 0 radical (unpaired) electrons. The van der Waals surface area contributed by atoms with Crippen LogP contribution in [0.15, 0.2) is 22.7 Å². The van der Waals surface area contributed by atoms with Crippen LogP contribution < -0.4 is 10.6 Å². The van der Waals surface area contributed by atoms with Crippen LogP contribution >= 0.6 is 15.9 Å². The topological polar surface area (TPSA) is 32.5 Å². The average molecular weight is 352 g/mol. The van der Waals surface area contributed by atoms with Crippen molar-refractivity contribution in [1.29, 1.82) is 0 Å².